The van der Waals surface area contributed by atoms with Crippen molar-refractivity contribution in [2.24, 2.45) is 5.92 Å². The Morgan fingerprint density at radius 3 is 2.56 bits per heavy atom. The van der Waals surface area contributed by atoms with Gasteiger partial charge in [-0.2, -0.15) is 17.9 Å². The molecule has 1 aliphatic rings. The van der Waals surface area contributed by atoms with Gasteiger partial charge < -0.3 is 4.90 Å². The van der Waals surface area contributed by atoms with Crippen molar-refractivity contribution < 1.29 is 8.42 Å². The van der Waals surface area contributed by atoms with Crippen LogP contribution in [0.3, 0.4) is 0 Å². The first kappa shape index (κ1) is 22.7. The van der Waals surface area contributed by atoms with Crippen molar-refractivity contribution in [2.75, 3.05) is 17.7 Å². The quantitative estimate of drug-likeness (QED) is 0.502. The van der Waals surface area contributed by atoms with Crippen LogP contribution in [0.1, 0.15) is 44.1 Å². The molecule has 1 aliphatic carbocycles. The molecule has 3 aromatic rings. The van der Waals surface area contributed by atoms with Gasteiger partial charge in [-0.1, -0.05) is 18.2 Å². The Bertz CT molecular complexity index is 1220. The third-order valence-electron chi connectivity index (χ3n) is 6.56. The van der Waals surface area contributed by atoms with Gasteiger partial charge in [-0.15, -0.1) is 0 Å². The van der Waals surface area contributed by atoms with Crippen LogP contribution in [0.25, 0.3) is 11.0 Å². The molecule has 6 nitrogen and oxygen atoms in total. The molecule has 0 unspecified atom stereocenters. The predicted molar refractivity (Wildman–Crippen MR) is 131 cm³/mol. The SMILES string of the molecule is CN(c1c(C#N)cnc2c1ccn2S(=O)(=O)c1ccccc1)C1CCC(CCCS)CC1. The lowest BCUT2D eigenvalue weighted by molar-refractivity contribution is 0.304. The molecule has 8 heteroatoms. The second-order valence-corrected chi connectivity index (χ2v) is 10.7. The molecule has 0 bridgehead atoms. The molecule has 32 heavy (non-hydrogen) atoms. The van der Waals surface area contributed by atoms with Gasteiger partial charge in [0.25, 0.3) is 10.0 Å². The minimum Gasteiger partial charge on any atom is -0.370 e. The highest BCUT2D eigenvalue weighted by Gasteiger charge is 2.28. The van der Waals surface area contributed by atoms with Crippen molar-refractivity contribution in [1.82, 2.24) is 8.96 Å². The van der Waals surface area contributed by atoms with E-state index < -0.39 is 10.0 Å². The lowest BCUT2D eigenvalue weighted by atomic mass is 9.83. The van der Waals surface area contributed by atoms with Crippen LogP contribution in [0.4, 0.5) is 5.69 Å². The van der Waals surface area contributed by atoms with Gasteiger partial charge in [0.05, 0.1) is 16.1 Å². The average molecular weight is 469 g/mol. The Kier molecular flexibility index (Phi) is 6.77. The van der Waals surface area contributed by atoms with E-state index in [1.807, 2.05) is 7.05 Å². The summed E-state index contributed by atoms with van der Waals surface area (Å²) in [4.78, 5) is 6.74. The molecule has 0 spiro atoms. The first-order chi connectivity index (χ1) is 15.5. The van der Waals surface area contributed by atoms with Crippen LogP contribution in [0.15, 0.2) is 53.7 Å². The first-order valence-corrected chi connectivity index (χ1v) is 13.1. The monoisotopic (exact) mass is 468 g/mol. The smallest absolute Gasteiger partial charge is 0.269 e. The Hall–Kier alpha value is -2.50. The van der Waals surface area contributed by atoms with Gasteiger partial charge in [0.2, 0.25) is 0 Å². The van der Waals surface area contributed by atoms with Gasteiger partial charge in [-0.3, -0.25) is 0 Å². The molecule has 0 N–H and O–H groups in total. The van der Waals surface area contributed by atoms with E-state index in [1.165, 1.54) is 35.6 Å². The molecule has 1 aromatic carbocycles. The molecule has 2 heterocycles. The number of rotatable bonds is 7. The van der Waals surface area contributed by atoms with E-state index in [2.05, 4.69) is 28.6 Å². The summed E-state index contributed by atoms with van der Waals surface area (Å²) in [5.41, 5.74) is 1.57. The molecule has 2 aromatic heterocycles. The van der Waals surface area contributed by atoms with E-state index in [0.717, 1.165) is 36.6 Å². The third-order valence-corrected chi connectivity index (χ3v) is 8.56. The second-order valence-electron chi connectivity index (χ2n) is 8.45. The second kappa shape index (κ2) is 9.55. The van der Waals surface area contributed by atoms with E-state index in [0.29, 0.717) is 22.6 Å². The van der Waals surface area contributed by atoms with E-state index >= 15 is 0 Å². The molecule has 0 atom stereocenters. The summed E-state index contributed by atoms with van der Waals surface area (Å²) in [6.07, 6.45) is 9.86. The molecule has 168 valence electrons. The normalized spacial score (nSPS) is 19.0. The molecule has 0 saturated heterocycles. The third kappa shape index (κ3) is 4.24. The topological polar surface area (TPSA) is 79.0 Å². The van der Waals surface area contributed by atoms with E-state index in [1.54, 1.807) is 36.4 Å². The summed E-state index contributed by atoms with van der Waals surface area (Å²) < 4.78 is 27.6. The number of thiol groups is 1. The number of fused-ring (bicyclic) bond motifs is 1. The first-order valence-electron chi connectivity index (χ1n) is 11.0. The Morgan fingerprint density at radius 1 is 1.19 bits per heavy atom. The summed E-state index contributed by atoms with van der Waals surface area (Å²) in [7, 11) is -1.77. The Morgan fingerprint density at radius 2 is 1.91 bits per heavy atom. The molecule has 0 amide bonds. The van der Waals surface area contributed by atoms with E-state index in [4.69, 9.17) is 0 Å². The van der Waals surface area contributed by atoms with Crippen LogP contribution in [0.2, 0.25) is 0 Å². The van der Waals surface area contributed by atoms with Crippen LogP contribution >= 0.6 is 12.6 Å². The predicted octanol–water partition coefficient (Wildman–Crippen LogP) is 4.85. The van der Waals surface area contributed by atoms with Crippen LogP contribution < -0.4 is 4.90 Å². The number of nitriles is 1. The molecule has 1 saturated carbocycles. The number of hydrogen-bond donors (Lipinski definition) is 1. The minimum absolute atomic E-state index is 0.207. The van der Waals surface area contributed by atoms with Gasteiger partial charge in [0, 0.05) is 30.9 Å². The number of pyridine rings is 1. The van der Waals surface area contributed by atoms with Gasteiger partial charge in [0.15, 0.2) is 5.65 Å². The Balaban J connectivity index is 1.69. The highest BCUT2D eigenvalue weighted by atomic mass is 32.2. The number of nitrogens with zero attached hydrogens (tertiary/aromatic N) is 4. The lowest BCUT2D eigenvalue weighted by Crippen LogP contribution is -2.35. The molecule has 1 fully saturated rings. The summed E-state index contributed by atoms with van der Waals surface area (Å²) in [6.45, 7) is 0. The van der Waals surface area contributed by atoms with Crippen molar-refractivity contribution in [1.29, 1.82) is 5.26 Å². The van der Waals surface area contributed by atoms with Gasteiger partial charge >= 0.3 is 0 Å². The lowest BCUT2D eigenvalue weighted by Gasteiger charge is -2.36. The van der Waals surface area contributed by atoms with Crippen molar-refractivity contribution >= 4 is 39.4 Å². The molecule has 0 aliphatic heterocycles. The van der Waals surface area contributed by atoms with Gasteiger partial charge in [-0.05, 0) is 68.4 Å². The zero-order valence-corrected chi connectivity index (χ0v) is 19.9. The van der Waals surface area contributed by atoms with Crippen LogP contribution in [-0.2, 0) is 10.0 Å². The number of anilines is 1. The standard InChI is InChI=1S/C24H28N4O2S2/c1-27(20-11-9-18(10-12-20)6-5-15-31)23-19(16-25)17-26-24-22(23)13-14-28(24)32(29,30)21-7-3-2-4-8-21/h2-4,7-8,13-14,17-18,20,31H,5-6,9-12,15H2,1H3. The van der Waals surface area contributed by atoms with Crippen LogP contribution in [0.5, 0.6) is 0 Å². The maximum Gasteiger partial charge on any atom is 0.269 e. The van der Waals surface area contributed by atoms with Crippen molar-refractivity contribution in [2.45, 2.75) is 49.5 Å². The fraction of sp³-hybridized carbons (Fsp3) is 0.417. The summed E-state index contributed by atoms with van der Waals surface area (Å²) in [6, 6.07) is 12.7. The molecular formula is C24H28N4O2S2. The van der Waals surface area contributed by atoms with Crippen molar-refractivity contribution in [3.63, 3.8) is 0 Å². The molecule has 0 radical (unpaired) electrons. The van der Waals surface area contributed by atoms with E-state index in [9.17, 15) is 13.7 Å². The van der Waals surface area contributed by atoms with E-state index in [-0.39, 0.29) is 4.90 Å². The highest BCUT2D eigenvalue weighted by Crippen LogP contribution is 2.37. The fourth-order valence-corrected chi connectivity index (χ4v) is 6.30. The Labute approximate surface area is 195 Å². The molecular weight excluding hydrogens is 440 g/mol. The highest BCUT2D eigenvalue weighted by molar-refractivity contribution is 7.90. The largest absolute Gasteiger partial charge is 0.370 e. The van der Waals surface area contributed by atoms with Crippen LogP contribution in [0, 0.1) is 17.2 Å². The fourth-order valence-electron chi connectivity index (χ4n) is 4.79. The average Bonchev–Trinajstić information content (AvgIpc) is 3.27. The number of hydrogen-bond acceptors (Lipinski definition) is 6. The maximum atomic E-state index is 13.2. The zero-order valence-electron chi connectivity index (χ0n) is 18.2. The van der Waals surface area contributed by atoms with Gasteiger partial charge in [0.1, 0.15) is 6.07 Å². The van der Waals surface area contributed by atoms with Crippen molar-refractivity contribution in [3.8, 4) is 6.07 Å². The molecule has 4 rings (SSSR count). The minimum atomic E-state index is -3.78. The summed E-state index contributed by atoms with van der Waals surface area (Å²) in [5.74, 6) is 1.68. The number of benzene rings is 1. The van der Waals surface area contributed by atoms with Crippen LogP contribution in [-0.4, -0.2) is 36.2 Å². The summed E-state index contributed by atoms with van der Waals surface area (Å²) >= 11 is 4.33. The summed E-state index contributed by atoms with van der Waals surface area (Å²) in [5, 5.41) is 10.4. The number of aromatic nitrogens is 2. The maximum absolute atomic E-state index is 13.2. The van der Waals surface area contributed by atoms with Crippen molar-refractivity contribution in [3.05, 3.63) is 54.4 Å². The van der Waals surface area contributed by atoms with Gasteiger partial charge in [-0.25, -0.2) is 17.4 Å². The zero-order chi connectivity index (χ0) is 22.7.